The number of aromatic nitrogens is 1. The summed E-state index contributed by atoms with van der Waals surface area (Å²) in [5.74, 6) is -0.896. The third-order valence-corrected chi connectivity index (χ3v) is 5.94. The largest absolute Gasteiger partial charge is 0.462 e. The molecule has 1 aliphatic heterocycles. The molecule has 1 fully saturated rings. The standard InChI is InChI=1S/C26H27F2N3O2/c1-2-33-26(32)24-11-12-29-17-21(24)18-30-13-15-31(16-14-30)25(19-3-7-22(27)8-4-19)20-5-9-23(28)10-6-20/h3-12,17,25H,2,13-16,18H2,1H3. The molecule has 33 heavy (non-hydrogen) atoms. The Hall–Kier alpha value is -3.16. The molecule has 0 bridgehead atoms. The molecule has 0 spiro atoms. The molecule has 0 aliphatic carbocycles. The van der Waals surface area contributed by atoms with Gasteiger partial charge in [0.05, 0.1) is 18.2 Å². The van der Waals surface area contributed by atoms with Gasteiger partial charge < -0.3 is 4.74 Å². The van der Waals surface area contributed by atoms with Crippen molar-refractivity contribution in [2.24, 2.45) is 0 Å². The van der Waals surface area contributed by atoms with Crippen LogP contribution in [0.25, 0.3) is 0 Å². The summed E-state index contributed by atoms with van der Waals surface area (Å²) in [6.45, 7) is 5.84. The van der Waals surface area contributed by atoms with Crippen LogP contribution in [0.1, 0.15) is 40.0 Å². The van der Waals surface area contributed by atoms with Gasteiger partial charge in [0.1, 0.15) is 11.6 Å². The molecule has 3 aromatic rings. The molecule has 0 unspecified atom stereocenters. The zero-order valence-electron chi connectivity index (χ0n) is 18.6. The van der Waals surface area contributed by atoms with Crippen LogP contribution < -0.4 is 0 Å². The molecule has 1 aromatic heterocycles. The van der Waals surface area contributed by atoms with E-state index in [2.05, 4.69) is 14.8 Å². The number of nitrogens with zero attached hydrogens (tertiary/aromatic N) is 3. The maximum absolute atomic E-state index is 13.5. The minimum atomic E-state index is -0.332. The SMILES string of the molecule is CCOC(=O)c1ccncc1CN1CCN(C(c2ccc(F)cc2)c2ccc(F)cc2)CC1. The lowest BCUT2D eigenvalue weighted by atomic mass is 9.96. The minimum Gasteiger partial charge on any atom is -0.462 e. The average molecular weight is 452 g/mol. The molecule has 172 valence electrons. The number of hydrogen-bond acceptors (Lipinski definition) is 5. The van der Waals surface area contributed by atoms with Gasteiger partial charge in [0.15, 0.2) is 0 Å². The average Bonchev–Trinajstić information content (AvgIpc) is 2.83. The van der Waals surface area contributed by atoms with Crippen LogP contribution in [0.15, 0.2) is 67.0 Å². The van der Waals surface area contributed by atoms with Gasteiger partial charge in [-0.15, -0.1) is 0 Å². The Labute approximate surface area is 192 Å². The second-order valence-electron chi connectivity index (χ2n) is 8.07. The molecule has 0 atom stereocenters. The van der Waals surface area contributed by atoms with Gasteiger partial charge >= 0.3 is 5.97 Å². The highest BCUT2D eigenvalue weighted by atomic mass is 19.1. The van der Waals surface area contributed by atoms with Crippen molar-refractivity contribution < 1.29 is 18.3 Å². The number of halogens is 2. The topological polar surface area (TPSA) is 45.7 Å². The van der Waals surface area contributed by atoms with E-state index in [1.807, 2.05) is 0 Å². The predicted molar refractivity (Wildman–Crippen MR) is 122 cm³/mol. The number of benzene rings is 2. The van der Waals surface area contributed by atoms with E-state index in [1.165, 1.54) is 24.3 Å². The number of pyridine rings is 1. The van der Waals surface area contributed by atoms with Crippen molar-refractivity contribution in [1.82, 2.24) is 14.8 Å². The molecule has 7 heteroatoms. The number of carbonyl (C=O) groups excluding carboxylic acids is 1. The van der Waals surface area contributed by atoms with Gasteiger partial charge in [-0.25, -0.2) is 13.6 Å². The summed E-state index contributed by atoms with van der Waals surface area (Å²) in [4.78, 5) is 21.1. The molecule has 0 amide bonds. The van der Waals surface area contributed by atoms with E-state index in [-0.39, 0.29) is 23.6 Å². The first kappa shape index (κ1) is 23.0. The highest BCUT2D eigenvalue weighted by molar-refractivity contribution is 5.90. The summed E-state index contributed by atoms with van der Waals surface area (Å²) in [6, 6.07) is 14.6. The Morgan fingerprint density at radius 1 is 0.939 bits per heavy atom. The van der Waals surface area contributed by atoms with Crippen LogP contribution in [0, 0.1) is 11.6 Å². The van der Waals surface area contributed by atoms with E-state index in [0.29, 0.717) is 18.7 Å². The highest BCUT2D eigenvalue weighted by Crippen LogP contribution is 2.30. The molecular formula is C26H27F2N3O2. The third-order valence-electron chi connectivity index (χ3n) is 5.94. The van der Waals surface area contributed by atoms with Crippen LogP contribution in [-0.4, -0.2) is 53.5 Å². The first-order valence-electron chi connectivity index (χ1n) is 11.1. The number of esters is 1. The quantitative estimate of drug-likeness (QED) is 0.497. The molecule has 0 N–H and O–H groups in total. The minimum absolute atomic E-state index is 0.0955. The van der Waals surface area contributed by atoms with Gasteiger partial charge in [-0.3, -0.25) is 14.8 Å². The second-order valence-corrected chi connectivity index (χ2v) is 8.07. The van der Waals surface area contributed by atoms with Gasteiger partial charge in [0.2, 0.25) is 0 Å². The Bertz CT molecular complexity index is 1020. The van der Waals surface area contributed by atoms with Crippen LogP contribution in [0.2, 0.25) is 0 Å². The second kappa shape index (κ2) is 10.6. The predicted octanol–water partition coefficient (Wildman–Crippen LogP) is 4.44. The number of rotatable bonds is 7. The van der Waals surface area contributed by atoms with Crippen molar-refractivity contribution in [2.75, 3.05) is 32.8 Å². The van der Waals surface area contributed by atoms with Crippen LogP contribution >= 0.6 is 0 Å². The van der Waals surface area contributed by atoms with Crippen molar-refractivity contribution >= 4 is 5.97 Å². The molecule has 2 aromatic carbocycles. The highest BCUT2D eigenvalue weighted by Gasteiger charge is 2.27. The summed E-state index contributed by atoms with van der Waals surface area (Å²) >= 11 is 0. The number of ether oxygens (including phenoxy) is 1. The first-order valence-corrected chi connectivity index (χ1v) is 11.1. The van der Waals surface area contributed by atoms with E-state index in [1.54, 1.807) is 49.6 Å². The van der Waals surface area contributed by atoms with Crippen molar-refractivity contribution in [2.45, 2.75) is 19.5 Å². The van der Waals surface area contributed by atoms with Crippen LogP contribution in [0.5, 0.6) is 0 Å². The Kier molecular flexibility index (Phi) is 7.42. The number of carbonyl (C=O) groups is 1. The summed E-state index contributed by atoms with van der Waals surface area (Å²) in [5.41, 5.74) is 3.32. The molecule has 0 radical (unpaired) electrons. The van der Waals surface area contributed by atoms with Gasteiger partial charge in [-0.1, -0.05) is 24.3 Å². The molecular weight excluding hydrogens is 424 g/mol. The van der Waals surface area contributed by atoms with Crippen molar-refractivity contribution in [1.29, 1.82) is 0 Å². The summed E-state index contributed by atoms with van der Waals surface area (Å²) in [6.07, 6.45) is 3.32. The molecule has 0 saturated carbocycles. The van der Waals surface area contributed by atoms with Gasteiger partial charge in [-0.2, -0.15) is 0 Å². The lowest BCUT2D eigenvalue weighted by molar-refractivity contribution is 0.0522. The maximum Gasteiger partial charge on any atom is 0.338 e. The van der Waals surface area contributed by atoms with Crippen molar-refractivity contribution in [3.8, 4) is 0 Å². The molecule has 2 heterocycles. The third kappa shape index (κ3) is 5.61. The van der Waals surface area contributed by atoms with Gasteiger partial charge in [0, 0.05) is 45.1 Å². The van der Waals surface area contributed by atoms with Gasteiger partial charge in [-0.05, 0) is 53.9 Å². The molecule has 1 saturated heterocycles. The Balaban J connectivity index is 1.49. The Morgan fingerprint density at radius 3 is 2.06 bits per heavy atom. The summed E-state index contributed by atoms with van der Waals surface area (Å²) in [7, 11) is 0. The molecule has 5 nitrogen and oxygen atoms in total. The fourth-order valence-corrected chi connectivity index (χ4v) is 4.29. The zero-order valence-corrected chi connectivity index (χ0v) is 18.6. The smallest absolute Gasteiger partial charge is 0.338 e. The van der Waals surface area contributed by atoms with Crippen molar-refractivity contribution in [3.05, 3.63) is 101 Å². The molecule has 4 rings (SSSR count). The number of piperazine rings is 1. The fourth-order valence-electron chi connectivity index (χ4n) is 4.29. The Morgan fingerprint density at radius 2 is 1.52 bits per heavy atom. The first-order chi connectivity index (χ1) is 16.0. The van der Waals surface area contributed by atoms with Crippen LogP contribution in [-0.2, 0) is 11.3 Å². The van der Waals surface area contributed by atoms with Crippen LogP contribution in [0.4, 0.5) is 8.78 Å². The summed E-state index contributed by atoms with van der Waals surface area (Å²) < 4.78 is 32.2. The van der Waals surface area contributed by atoms with Crippen molar-refractivity contribution in [3.63, 3.8) is 0 Å². The monoisotopic (exact) mass is 451 g/mol. The van der Waals surface area contributed by atoms with E-state index < -0.39 is 0 Å². The normalized spacial score (nSPS) is 15.0. The maximum atomic E-state index is 13.5. The zero-order chi connectivity index (χ0) is 23.2. The van der Waals surface area contributed by atoms with E-state index >= 15 is 0 Å². The number of hydrogen-bond donors (Lipinski definition) is 0. The van der Waals surface area contributed by atoms with E-state index in [0.717, 1.165) is 42.9 Å². The van der Waals surface area contributed by atoms with Gasteiger partial charge in [0.25, 0.3) is 0 Å². The lowest BCUT2D eigenvalue weighted by Gasteiger charge is -2.40. The summed E-state index contributed by atoms with van der Waals surface area (Å²) in [5, 5.41) is 0. The fraction of sp³-hybridized carbons (Fsp3) is 0.308. The van der Waals surface area contributed by atoms with E-state index in [4.69, 9.17) is 4.74 Å². The lowest BCUT2D eigenvalue weighted by Crippen LogP contribution is -2.47. The van der Waals surface area contributed by atoms with E-state index in [9.17, 15) is 13.6 Å². The molecule has 1 aliphatic rings. The van der Waals surface area contributed by atoms with Crippen LogP contribution in [0.3, 0.4) is 0 Å².